The van der Waals surface area contributed by atoms with Gasteiger partial charge in [-0.05, 0) is 50.2 Å². The Kier molecular flexibility index (Phi) is 5.84. The molecule has 0 bridgehead atoms. The van der Waals surface area contributed by atoms with Gasteiger partial charge in [0.05, 0.1) is 31.5 Å². The summed E-state index contributed by atoms with van der Waals surface area (Å²) in [6.07, 6.45) is 3.01. The maximum Gasteiger partial charge on any atom is 0.335 e. The minimum absolute atomic E-state index is 0.0123. The molecule has 28 heavy (non-hydrogen) atoms. The monoisotopic (exact) mass is 382 g/mol. The number of aromatic carboxylic acids is 1. The highest BCUT2D eigenvalue weighted by molar-refractivity contribution is 5.88. The molecule has 0 amide bonds. The van der Waals surface area contributed by atoms with Gasteiger partial charge in [0.1, 0.15) is 5.76 Å². The number of ether oxygens (including phenoxy) is 2. The Morgan fingerprint density at radius 3 is 2.43 bits per heavy atom. The standard InChI is InChI=1S/C21H22N2O5/c1-14(2)28-20-10-17(8-9-19(20)26-3)23(12-18-11-22-13-27-18)16-6-4-15(5-7-16)21(24)25/h4-11,13-14H,12H2,1-3H3,(H,24,25). The molecule has 1 N–H and O–H groups in total. The minimum atomic E-state index is -0.967. The van der Waals surface area contributed by atoms with Crippen LogP contribution >= 0.6 is 0 Å². The summed E-state index contributed by atoms with van der Waals surface area (Å²) in [5, 5.41) is 9.15. The van der Waals surface area contributed by atoms with Gasteiger partial charge in [-0.15, -0.1) is 0 Å². The Labute approximate surface area is 163 Å². The number of hydrogen-bond acceptors (Lipinski definition) is 6. The molecule has 1 aromatic heterocycles. The Morgan fingerprint density at radius 1 is 1.14 bits per heavy atom. The smallest absolute Gasteiger partial charge is 0.335 e. The fourth-order valence-electron chi connectivity index (χ4n) is 2.77. The summed E-state index contributed by atoms with van der Waals surface area (Å²) in [6, 6.07) is 12.3. The van der Waals surface area contributed by atoms with Crippen LogP contribution in [0, 0.1) is 0 Å². The van der Waals surface area contributed by atoms with Gasteiger partial charge >= 0.3 is 5.97 Å². The van der Waals surface area contributed by atoms with E-state index in [0.717, 1.165) is 11.4 Å². The van der Waals surface area contributed by atoms with Crippen LogP contribution in [0.5, 0.6) is 11.5 Å². The maximum atomic E-state index is 11.2. The van der Waals surface area contributed by atoms with Crippen molar-refractivity contribution in [3.8, 4) is 11.5 Å². The van der Waals surface area contributed by atoms with Gasteiger partial charge in [-0.1, -0.05) is 0 Å². The van der Waals surface area contributed by atoms with Crippen LogP contribution in [-0.4, -0.2) is 29.3 Å². The third-order valence-corrected chi connectivity index (χ3v) is 4.04. The first-order chi connectivity index (χ1) is 13.5. The molecule has 0 fully saturated rings. The largest absolute Gasteiger partial charge is 0.493 e. The fourth-order valence-corrected chi connectivity index (χ4v) is 2.77. The number of carbonyl (C=O) groups is 1. The molecule has 0 aliphatic rings. The maximum absolute atomic E-state index is 11.2. The van der Waals surface area contributed by atoms with Crippen LogP contribution in [0.15, 0.2) is 59.5 Å². The Balaban J connectivity index is 2.02. The predicted octanol–water partition coefficient (Wildman–Crippen LogP) is 4.51. The van der Waals surface area contributed by atoms with Crippen LogP contribution in [0.1, 0.15) is 30.0 Å². The average molecular weight is 382 g/mol. The van der Waals surface area contributed by atoms with Crippen molar-refractivity contribution in [3.63, 3.8) is 0 Å². The Bertz CT molecular complexity index is 920. The number of methoxy groups -OCH3 is 1. The molecule has 0 saturated heterocycles. The van der Waals surface area contributed by atoms with Crippen LogP contribution < -0.4 is 14.4 Å². The van der Waals surface area contributed by atoms with Crippen molar-refractivity contribution in [1.82, 2.24) is 4.98 Å². The number of anilines is 2. The molecular formula is C21H22N2O5. The summed E-state index contributed by atoms with van der Waals surface area (Å²) in [4.78, 5) is 17.1. The minimum Gasteiger partial charge on any atom is -0.493 e. The summed E-state index contributed by atoms with van der Waals surface area (Å²) < 4.78 is 16.7. The number of aromatic nitrogens is 1. The van der Waals surface area contributed by atoms with Crippen LogP contribution in [0.25, 0.3) is 0 Å². The molecular weight excluding hydrogens is 360 g/mol. The summed E-state index contributed by atoms with van der Waals surface area (Å²) in [6.45, 7) is 4.31. The van der Waals surface area contributed by atoms with Crippen molar-refractivity contribution < 1.29 is 23.8 Å². The van der Waals surface area contributed by atoms with Gasteiger partial charge in [-0.2, -0.15) is 0 Å². The third-order valence-electron chi connectivity index (χ3n) is 4.04. The van der Waals surface area contributed by atoms with E-state index in [1.807, 2.05) is 36.9 Å². The highest BCUT2D eigenvalue weighted by atomic mass is 16.5. The van der Waals surface area contributed by atoms with Gasteiger partial charge in [0.15, 0.2) is 17.9 Å². The van der Waals surface area contributed by atoms with E-state index < -0.39 is 5.97 Å². The van der Waals surface area contributed by atoms with E-state index in [-0.39, 0.29) is 11.7 Å². The number of hydrogen-bond donors (Lipinski definition) is 1. The first-order valence-electron chi connectivity index (χ1n) is 8.81. The van der Waals surface area contributed by atoms with Crippen molar-refractivity contribution >= 4 is 17.3 Å². The van der Waals surface area contributed by atoms with Gasteiger partial charge < -0.3 is 23.9 Å². The predicted molar refractivity (Wildman–Crippen MR) is 105 cm³/mol. The number of rotatable bonds is 8. The van der Waals surface area contributed by atoms with Crippen molar-refractivity contribution in [3.05, 3.63) is 66.4 Å². The fraction of sp³-hybridized carbons (Fsp3) is 0.238. The second kappa shape index (κ2) is 8.47. The Hall–Kier alpha value is -3.48. The quantitative estimate of drug-likeness (QED) is 0.613. The van der Waals surface area contributed by atoms with E-state index in [1.165, 1.54) is 6.39 Å². The summed E-state index contributed by atoms with van der Waals surface area (Å²) in [7, 11) is 1.60. The zero-order valence-electron chi connectivity index (χ0n) is 16.0. The molecule has 0 atom stereocenters. The zero-order valence-corrected chi connectivity index (χ0v) is 16.0. The SMILES string of the molecule is COc1ccc(N(Cc2cnco2)c2ccc(C(=O)O)cc2)cc1OC(C)C. The lowest BCUT2D eigenvalue weighted by Gasteiger charge is -2.25. The number of benzene rings is 2. The molecule has 146 valence electrons. The van der Waals surface area contributed by atoms with Crippen LogP contribution in [0.4, 0.5) is 11.4 Å². The molecule has 0 aliphatic carbocycles. The second-order valence-corrected chi connectivity index (χ2v) is 6.41. The van der Waals surface area contributed by atoms with E-state index in [2.05, 4.69) is 4.98 Å². The van der Waals surface area contributed by atoms with Gasteiger partial charge in [0, 0.05) is 17.4 Å². The molecule has 3 rings (SSSR count). The molecule has 7 heteroatoms. The molecule has 0 aliphatic heterocycles. The number of carboxylic acid groups (broad SMARTS) is 1. The van der Waals surface area contributed by atoms with Gasteiger partial charge in [0.2, 0.25) is 0 Å². The molecule has 0 saturated carbocycles. The van der Waals surface area contributed by atoms with Crippen LogP contribution in [-0.2, 0) is 6.54 Å². The van der Waals surface area contributed by atoms with Crippen molar-refractivity contribution in [2.75, 3.05) is 12.0 Å². The van der Waals surface area contributed by atoms with Gasteiger partial charge in [0.25, 0.3) is 0 Å². The number of nitrogens with zero attached hydrogens (tertiary/aromatic N) is 2. The molecule has 3 aromatic rings. The van der Waals surface area contributed by atoms with Gasteiger partial charge in [-0.25, -0.2) is 9.78 Å². The molecule has 2 aromatic carbocycles. The van der Waals surface area contributed by atoms with E-state index in [0.29, 0.717) is 23.8 Å². The molecule has 0 spiro atoms. The second-order valence-electron chi connectivity index (χ2n) is 6.41. The summed E-state index contributed by atoms with van der Waals surface area (Å²) in [5.74, 6) is 0.966. The number of carboxylic acids is 1. The zero-order chi connectivity index (χ0) is 20.1. The van der Waals surface area contributed by atoms with E-state index in [1.54, 1.807) is 37.6 Å². The van der Waals surface area contributed by atoms with Crippen LogP contribution in [0.3, 0.4) is 0 Å². The normalized spacial score (nSPS) is 10.7. The lowest BCUT2D eigenvalue weighted by molar-refractivity contribution is 0.0697. The van der Waals surface area contributed by atoms with Gasteiger partial charge in [-0.3, -0.25) is 0 Å². The summed E-state index contributed by atoms with van der Waals surface area (Å²) in [5.41, 5.74) is 1.87. The third kappa shape index (κ3) is 4.43. The number of oxazole rings is 1. The van der Waals surface area contributed by atoms with Crippen molar-refractivity contribution in [2.24, 2.45) is 0 Å². The average Bonchev–Trinajstić information content (AvgIpc) is 3.19. The molecule has 0 unspecified atom stereocenters. The van der Waals surface area contributed by atoms with E-state index in [9.17, 15) is 4.79 Å². The summed E-state index contributed by atoms with van der Waals surface area (Å²) >= 11 is 0. The van der Waals surface area contributed by atoms with E-state index >= 15 is 0 Å². The van der Waals surface area contributed by atoms with Crippen LogP contribution in [0.2, 0.25) is 0 Å². The van der Waals surface area contributed by atoms with E-state index in [4.69, 9.17) is 19.0 Å². The first kappa shape index (κ1) is 19.3. The highest BCUT2D eigenvalue weighted by Crippen LogP contribution is 2.36. The first-order valence-corrected chi connectivity index (χ1v) is 8.81. The van der Waals surface area contributed by atoms with Crippen molar-refractivity contribution in [1.29, 1.82) is 0 Å². The lowest BCUT2D eigenvalue weighted by Crippen LogP contribution is -2.17. The molecule has 7 nitrogen and oxygen atoms in total. The molecule has 0 radical (unpaired) electrons. The molecule has 1 heterocycles. The highest BCUT2D eigenvalue weighted by Gasteiger charge is 2.16. The van der Waals surface area contributed by atoms with Crippen molar-refractivity contribution in [2.45, 2.75) is 26.5 Å². The Morgan fingerprint density at radius 2 is 1.86 bits per heavy atom. The lowest BCUT2D eigenvalue weighted by atomic mass is 10.1. The topological polar surface area (TPSA) is 85.0 Å².